The maximum Gasteiger partial charge on any atom is 0.300 e. The summed E-state index contributed by atoms with van der Waals surface area (Å²) in [6.45, 7) is 1.75. The molecule has 4 aromatic carbocycles. The Morgan fingerprint density at radius 1 is 0.660 bits per heavy atom. The Kier molecular flexibility index (Phi) is 8.94. The summed E-state index contributed by atoms with van der Waals surface area (Å²) in [7, 11) is -22.3. The van der Waals surface area contributed by atoms with E-state index in [2.05, 4.69) is 20.5 Å². The van der Waals surface area contributed by atoms with E-state index >= 15 is 0 Å². The Bertz CT molecular complexity index is 2510. The molecule has 0 aliphatic carbocycles. The highest BCUT2D eigenvalue weighted by molar-refractivity contribution is 7.87. The van der Waals surface area contributed by atoms with Crippen LogP contribution in [-0.2, 0) is 40.5 Å². The number of anilines is 1. The third-order valence-electron chi connectivity index (χ3n) is 6.05. The number of nitrogen functional groups attached to an aromatic ring is 1. The number of aromatic hydroxyl groups is 1. The molecule has 250 valence electrons. The molecule has 0 heterocycles. The molecule has 0 unspecified atom stereocenters. The van der Waals surface area contributed by atoms with Crippen LogP contribution < -0.4 is 5.73 Å². The van der Waals surface area contributed by atoms with E-state index < -0.39 is 111 Å². The maximum absolute atomic E-state index is 14.8. The van der Waals surface area contributed by atoms with E-state index in [-0.39, 0.29) is 11.8 Å². The van der Waals surface area contributed by atoms with Crippen molar-refractivity contribution in [2.75, 3.05) is 5.73 Å². The molecule has 47 heavy (non-hydrogen) atoms. The van der Waals surface area contributed by atoms with Crippen molar-refractivity contribution in [2.24, 2.45) is 20.5 Å². The first-order valence-corrected chi connectivity index (χ1v) is 17.6. The van der Waals surface area contributed by atoms with Gasteiger partial charge in [0.2, 0.25) is 0 Å². The summed E-state index contributed by atoms with van der Waals surface area (Å²) >= 11 is 0. The zero-order valence-corrected chi connectivity index (χ0v) is 26.1. The van der Waals surface area contributed by atoms with Gasteiger partial charge in [0.1, 0.15) is 32.7 Å². The van der Waals surface area contributed by atoms with E-state index in [0.717, 1.165) is 5.56 Å². The van der Waals surface area contributed by atoms with Gasteiger partial charge in [-0.05, 0) is 36.6 Å². The van der Waals surface area contributed by atoms with E-state index in [1.165, 1.54) is 12.1 Å². The summed E-state index contributed by atoms with van der Waals surface area (Å²) in [6, 6.07) is 7.04. The predicted molar refractivity (Wildman–Crippen MR) is 155 cm³/mol. The van der Waals surface area contributed by atoms with Crippen molar-refractivity contribution in [1.29, 1.82) is 0 Å². The zero-order valence-electron chi connectivity index (χ0n) is 22.8. The van der Waals surface area contributed by atoms with Gasteiger partial charge in [0, 0.05) is 6.07 Å². The molecule has 0 spiro atoms. The third kappa shape index (κ3) is 7.08. The van der Waals surface area contributed by atoms with Gasteiger partial charge in [0.05, 0.1) is 16.8 Å². The number of fused-ring (bicyclic) bond motifs is 1. The molecule has 18 nitrogen and oxygen atoms in total. The topological polar surface area (TPSA) is 313 Å². The van der Waals surface area contributed by atoms with Gasteiger partial charge in [-0.3, -0.25) is 18.2 Å². The molecule has 7 N–H and O–H groups in total. The molecular weight excluding hydrogens is 721 g/mol. The lowest BCUT2D eigenvalue weighted by Gasteiger charge is -2.14. The fourth-order valence-electron chi connectivity index (χ4n) is 4.05. The number of nitrogens with two attached hydrogens (primary N) is 1. The standard InChI is InChI=1S/C23H17F2N5O13S4/c1-9-2-4-11(5-3-9)27-29-19-14(44(32,33)34)6-10-7-15(45(35,36)37)20(21(31)16(10)18(19)26)30-28-13-8-12(24)22(46(38,39)40)17(25)23(13)47(41,42)43/h2-8,31H,26H2,1H3,(H,32,33,34)(H,35,36,37)(H,38,39,40)(H,41,42,43). The minimum Gasteiger partial charge on any atom is -0.505 e. The second kappa shape index (κ2) is 11.9. The van der Waals surface area contributed by atoms with E-state index in [4.69, 9.17) is 10.3 Å². The van der Waals surface area contributed by atoms with Gasteiger partial charge in [-0.25, -0.2) is 8.78 Å². The molecule has 0 fully saturated rings. The molecule has 0 bridgehead atoms. The number of halogens is 2. The van der Waals surface area contributed by atoms with Crippen LogP contribution in [0.15, 0.2) is 82.5 Å². The van der Waals surface area contributed by atoms with Gasteiger partial charge < -0.3 is 10.8 Å². The van der Waals surface area contributed by atoms with E-state index in [1.807, 2.05) is 0 Å². The molecule has 0 aromatic heterocycles. The molecule has 4 rings (SSSR count). The second-order valence-electron chi connectivity index (χ2n) is 9.29. The Labute approximate surface area is 262 Å². The zero-order chi connectivity index (χ0) is 35.4. The number of phenolic OH excluding ortho intramolecular Hbond substituents is 1. The normalized spacial score (nSPS) is 13.3. The lowest BCUT2D eigenvalue weighted by atomic mass is 10.1. The van der Waals surface area contributed by atoms with Gasteiger partial charge >= 0.3 is 0 Å². The molecule has 0 aliphatic rings. The largest absolute Gasteiger partial charge is 0.505 e. The molecule has 24 heteroatoms. The number of hydrogen-bond acceptors (Lipinski definition) is 14. The maximum atomic E-state index is 14.8. The van der Waals surface area contributed by atoms with Crippen molar-refractivity contribution in [1.82, 2.24) is 0 Å². The van der Waals surface area contributed by atoms with Crippen LogP contribution in [0.3, 0.4) is 0 Å². The fraction of sp³-hybridized carbons (Fsp3) is 0.0435. The smallest absolute Gasteiger partial charge is 0.300 e. The van der Waals surface area contributed by atoms with Gasteiger partial charge in [-0.1, -0.05) is 17.7 Å². The lowest BCUT2D eigenvalue weighted by molar-refractivity contribution is 0.442. The summed E-state index contributed by atoms with van der Waals surface area (Å²) in [4.78, 5) is -6.73. The van der Waals surface area contributed by atoms with Gasteiger partial charge in [-0.2, -0.15) is 38.8 Å². The number of phenols is 1. The summed E-state index contributed by atoms with van der Waals surface area (Å²) < 4.78 is 163. The molecule has 0 atom stereocenters. The second-order valence-corrected chi connectivity index (χ2v) is 14.8. The van der Waals surface area contributed by atoms with Crippen LogP contribution in [0.1, 0.15) is 5.56 Å². The quantitative estimate of drug-likeness (QED) is 0.0822. The minimum absolute atomic E-state index is 0.152. The van der Waals surface area contributed by atoms with Crippen LogP contribution >= 0.6 is 0 Å². The molecule has 0 saturated carbocycles. The van der Waals surface area contributed by atoms with Crippen molar-refractivity contribution in [3.05, 3.63) is 59.7 Å². The van der Waals surface area contributed by atoms with Crippen molar-refractivity contribution in [3.63, 3.8) is 0 Å². The SMILES string of the molecule is Cc1ccc(N=Nc2c(S(=O)(=O)O)cc3cc(S(=O)(=O)O)c(N=Nc4cc(F)c(S(=O)(=O)O)c(F)c4S(=O)(=O)O)c(O)c3c2N)cc1. The number of aryl methyl sites for hydroxylation is 1. The van der Waals surface area contributed by atoms with Gasteiger partial charge in [0.15, 0.2) is 21.4 Å². The van der Waals surface area contributed by atoms with Crippen molar-refractivity contribution in [2.45, 2.75) is 26.5 Å². The Morgan fingerprint density at radius 3 is 1.64 bits per heavy atom. The van der Waals surface area contributed by atoms with Crippen molar-refractivity contribution < 1.29 is 65.8 Å². The Hall–Kier alpha value is -4.56. The van der Waals surface area contributed by atoms with E-state index in [9.17, 15) is 61.2 Å². The molecule has 0 amide bonds. The Morgan fingerprint density at radius 2 is 1.15 bits per heavy atom. The van der Waals surface area contributed by atoms with Crippen molar-refractivity contribution >= 4 is 79.7 Å². The van der Waals surface area contributed by atoms with Crippen LogP contribution in [0.2, 0.25) is 0 Å². The molecular formula is C23H17F2N5O13S4. The van der Waals surface area contributed by atoms with Crippen LogP contribution in [0.25, 0.3) is 10.8 Å². The number of benzene rings is 4. The van der Waals surface area contributed by atoms with E-state index in [0.29, 0.717) is 12.1 Å². The average molecular weight is 738 g/mol. The minimum atomic E-state index is -5.84. The number of nitrogens with zero attached hydrogens (tertiary/aromatic N) is 4. The fourth-order valence-corrected chi connectivity index (χ4v) is 6.77. The number of azo groups is 2. The van der Waals surface area contributed by atoms with Gasteiger partial charge in [0.25, 0.3) is 40.5 Å². The first-order valence-electron chi connectivity index (χ1n) is 11.9. The van der Waals surface area contributed by atoms with Crippen LogP contribution in [0, 0.1) is 18.6 Å². The predicted octanol–water partition coefficient (Wildman–Crippen LogP) is 4.53. The summed E-state index contributed by atoms with van der Waals surface area (Å²) in [6.07, 6.45) is 0. The van der Waals surface area contributed by atoms with Gasteiger partial charge in [-0.15, -0.1) is 15.3 Å². The van der Waals surface area contributed by atoms with E-state index in [1.54, 1.807) is 19.1 Å². The summed E-state index contributed by atoms with van der Waals surface area (Å²) in [5, 5.41) is 23.6. The van der Waals surface area contributed by atoms with Crippen molar-refractivity contribution in [3.8, 4) is 5.75 Å². The molecule has 0 aliphatic heterocycles. The van der Waals surface area contributed by atoms with Crippen LogP contribution in [0.4, 0.5) is 37.2 Å². The highest BCUT2D eigenvalue weighted by atomic mass is 32.2. The number of hydrogen-bond donors (Lipinski definition) is 6. The monoisotopic (exact) mass is 737 g/mol. The third-order valence-corrected chi connectivity index (χ3v) is 9.58. The molecule has 4 aromatic rings. The summed E-state index contributed by atoms with van der Waals surface area (Å²) in [5.41, 5.74) is 2.57. The molecule has 0 radical (unpaired) electrons. The Balaban J connectivity index is 2.09. The highest BCUT2D eigenvalue weighted by Gasteiger charge is 2.33. The van der Waals surface area contributed by atoms with Crippen LogP contribution in [-0.4, -0.2) is 57.0 Å². The lowest BCUT2D eigenvalue weighted by Crippen LogP contribution is -2.11. The highest BCUT2D eigenvalue weighted by Crippen LogP contribution is 2.48. The average Bonchev–Trinajstić information content (AvgIpc) is 2.89. The number of rotatable bonds is 8. The summed E-state index contributed by atoms with van der Waals surface area (Å²) in [5.74, 6) is -6.07. The first-order chi connectivity index (χ1) is 21.4. The first kappa shape index (κ1) is 35.3. The van der Waals surface area contributed by atoms with Crippen LogP contribution in [0.5, 0.6) is 5.75 Å². The molecule has 0 saturated heterocycles.